The summed E-state index contributed by atoms with van der Waals surface area (Å²) in [5.74, 6) is 0.119. The molecule has 1 amide bonds. The highest BCUT2D eigenvalue weighted by Gasteiger charge is 2.09. The molecule has 0 aliphatic carbocycles. The highest BCUT2D eigenvalue weighted by molar-refractivity contribution is 6.30. The lowest BCUT2D eigenvalue weighted by molar-refractivity contribution is -0.119. The van der Waals surface area contributed by atoms with Crippen molar-refractivity contribution in [3.05, 3.63) is 65.1 Å². The SMILES string of the molecule is NC(=O)COc1ccc(CNCc2c(Cl)nc3ccccn23)cc1. The molecule has 0 radical (unpaired) electrons. The number of aromatic nitrogens is 2. The highest BCUT2D eigenvalue weighted by atomic mass is 35.5. The highest BCUT2D eigenvalue weighted by Crippen LogP contribution is 2.17. The Balaban J connectivity index is 1.58. The van der Waals surface area contributed by atoms with E-state index in [2.05, 4.69) is 10.3 Å². The smallest absolute Gasteiger partial charge is 0.255 e. The number of nitrogens with one attached hydrogen (secondary N) is 1. The van der Waals surface area contributed by atoms with Gasteiger partial charge in [-0.05, 0) is 29.8 Å². The molecule has 0 saturated carbocycles. The van der Waals surface area contributed by atoms with Crippen LogP contribution in [0.4, 0.5) is 0 Å². The van der Waals surface area contributed by atoms with Crippen molar-refractivity contribution in [1.82, 2.24) is 14.7 Å². The van der Waals surface area contributed by atoms with Gasteiger partial charge in [-0.15, -0.1) is 0 Å². The number of primary amides is 1. The van der Waals surface area contributed by atoms with E-state index in [1.807, 2.05) is 40.9 Å². The first kappa shape index (κ1) is 16.3. The average molecular weight is 345 g/mol. The summed E-state index contributed by atoms with van der Waals surface area (Å²) in [6, 6.07) is 13.3. The number of rotatable bonds is 7. The quantitative estimate of drug-likeness (QED) is 0.688. The summed E-state index contributed by atoms with van der Waals surface area (Å²) < 4.78 is 7.19. The number of amides is 1. The van der Waals surface area contributed by atoms with Crippen molar-refractivity contribution in [3.63, 3.8) is 0 Å². The van der Waals surface area contributed by atoms with Crippen LogP contribution in [0.3, 0.4) is 0 Å². The Bertz CT molecular complexity index is 845. The molecule has 0 saturated heterocycles. The molecule has 6 nitrogen and oxygen atoms in total. The fourth-order valence-electron chi connectivity index (χ4n) is 2.36. The Morgan fingerprint density at radius 3 is 2.75 bits per heavy atom. The monoisotopic (exact) mass is 344 g/mol. The fourth-order valence-corrected chi connectivity index (χ4v) is 2.60. The maximum atomic E-state index is 10.7. The first-order chi connectivity index (χ1) is 11.6. The van der Waals surface area contributed by atoms with E-state index in [-0.39, 0.29) is 6.61 Å². The average Bonchev–Trinajstić information content (AvgIpc) is 2.90. The number of hydrogen-bond acceptors (Lipinski definition) is 4. The molecule has 0 unspecified atom stereocenters. The molecule has 0 bridgehead atoms. The van der Waals surface area contributed by atoms with Gasteiger partial charge in [0.05, 0.1) is 5.69 Å². The van der Waals surface area contributed by atoms with Gasteiger partial charge in [0.15, 0.2) is 11.8 Å². The van der Waals surface area contributed by atoms with Gasteiger partial charge in [0.25, 0.3) is 5.91 Å². The standard InChI is InChI=1S/C17H17ClN4O2/c18-17-14(22-8-2-1-3-16(22)21-17)10-20-9-12-4-6-13(7-5-12)24-11-15(19)23/h1-8,20H,9-11H2,(H2,19,23). The first-order valence-electron chi connectivity index (χ1n) is 7.46. The van der Waals surface area contributed by atoms with Crippen molar-refractivity contribution >= 4 is 23.2 Å². The number of nitrogens with zero attached hydrogens (tertiary/aromatic N) is 2. The van der Waals surface area contributed by atoms with E-state index >= 15 is 0 Å². The van der Waals surface area contributed by atoms with Crippen LogP contribution < -0.4 is 15.8 Å². The molecule has 3 rings (SSSR count). The third-order valence-electron chi connectivity index (χ3n) is 3.51. The van der Waals surface area contributed by atoms with E-state index in [1.54, 1.807) is 12.1 Å². The first-order valence-corrected chi connectivity index (χ1v) is 7.83. The van der Waals surface area contributed by atoms with E-state index in [9.17, 15) is 4.79 Å². The van der Waals surface area contributed by atoms with Gasteiger partial charge in [0.2, 0.25) is 0 Å². The van der Waals surface area contributed by atoms with Crippen LogP contribution in [0.1, 0.15) is 11.3 Å². The molecule has 0 atom stereocenters. The summed E-state index contributed by atoms with van der Waals surface area (Å²) in [5, 5.41) is 3.85. The number of imidazole rings is 1. The maximum Gasteiger partial charge on any atom is 0.255 e. The Morgan fingerprint density at radius 2 is 2.00 bits per heavy atom. The lowest BCUT2D eigenvalue weighted by Crippen LogP contribution is -2.20. The van der Waals surface area contributed by atoms with E-state index in [0.717, 1.165) is 16.9 Å². The molecule has 3 N–H and O–H groups in total. The van der Waals surface area contributed by atoms with Crippen LogP contribution in [0.5, 0.6) is 5.75 Å². The van der Waals surface area contributed by atoms with Gasteiger partial charge in [-0.2, -0.15) is 0 Å². The topological polar surface area (TPSA) is 81.7 Å². The predicted molar refractivity (Wildman–Crippen MR) is 91.9 cm³/mol. The van der Waals surface area contributed by atoms with E-state index < -0.39 is 5.91 Å². The minimum absolute atomic E-state index is 0.121. The second-order valence-corrected chi connectivity index (χ2v) is 5.64. The molecule has 0 fully saturated rings. The van der Waals surface area contributed by atoms with Gasteiger partial charge in [-0.3, -0.25) is 4.79 Å². The van der Waals surface area contributed by atoms with E-state index in [1.165, 1.54) is 0 Å². The molecule has 2 heterocycles. The van der Waals surface area contributed by atoms with Crippen molar-refractivity contribution in [2.45, 2.75) is 13.1 Å². The number of halogens is 1. The molecule has 2 aromatic heterocycles. The maximum absolute atomic E-state index is 10.7. The predicted octanol–water partition coefficient (Wildman–Crippen LogP) is 2.14. The second-order valence-electron chi connectivity index (χ2n) is 5.28. The van der Waals surface area contributed by atoms with E-state index in [4.69, 9.17) is 22.1 Å². The third kappa shape index (κ3) is 3.84. The number of carbonyl (C=O) groups excluding carboxylic acids is 1. The fraction of sp³-hybridized carbons (Fsp3) is 0.176. The van der Waals surface area contributed by atoms with Crippen molar-refractivity contribution in [3.8, 4) is 5.75 Å². The van der Waals surface area contributed by atoms with Crippen LogP contribution in [0.15, 0.2) is 48.7 Å². The van der Waals surface area contributed by atoms with Crippen molar-refractivity contribution < 1.29 is 9.53 Å². The molecule has 7 heteroatoms. The van der Waals surface area contributed by atoms with Crippen molar-refractivity contribution in [2.75, 3.05) is 6.61 Å². The minimum Gasteiger partial charge on any atom is -0.484 e. The number of carbonyl (C=O) groups is 1. The number of pyridine rings is 1. The van der Waals surface area contributed by atoms with Gasteiger partial charge in [-0.25, -0.2) is 4.98 Å². The zero-order valence-corrected chi connectivity index (χ0v) is 13.7. The van der Waals surface area contributed by atoms with Gasteiger partial charge < -0.3 is 20.2 Å². The molecule has 1 aromatic carbocycles. The molecule has 0 aliphatic rings. The van der Waals surface area contributed by atoms with Gasteiger partial charge >= 0.3 is 0 Å². The zero-order valence-electron chi connectivity index (χ0n) is 12.9. The summed E-state index contributed by atoms with van der Waals surface area (Å²) in [4.78, 5) is 15.0. The summed E-state index contributed by atoms with van der Waals surface area (Å²) >= 11 is 6.20. The van der Waals surface area contributed by atoms with Crippen molar-refractivity contribution in [1.29, 1.82) is 0 Å². The van der Waals surface area contributed by atoms with Crippen LogP contribution >= 0.6 is 11.6 Å². The zero-order chi connectivity index (χ0) is 16.9. The Hall–Kier alpha value is -2.57. The number of hydrogen-bond donors (Lipinski definition) is 2. The van der Waals surface area contributed by atoms with Gasteiger partial charge in [0.1, 0.15) is 11.4 Å². The molecule has 0 aliphatic heterocycles. The van der Waals surface area contributed by atoms with Crippen molar-refractivity contribution in [2.24, 2.45) is 5.73 Å². The molecule has 24 heavy (non-hydrogen) atoms. The third-order valence-corrected chi connectivity index (χ3v) is 3.81. The normalized spacial score (nSPS) is 10.9. The van der Waals surface area contributed by atoms with Crippen LogP contribution in [-0.4, -0.2) is 21.9 Å². The molecule has 3 aromatic rings. The molecule has 0 spiro atoms. The number of benzene rings is 1. The van der Waals surface area contributed by atoms with Crippen LogP contribution in [0.25, 0.3) is 5.65 Å². The Labute approximate surface area is 144 Å². The van der Waals surface area contributed by atoms with Crippen LogP contribution in [-0.2, 0) is 17.9 Å². The summed E-state index contributed by atoms with van der Waals surface area (Å²) in [6.07, 6.45) is 1.94. The van der Waals surface area contributed by atoms with E-state index in [0.29, 0.717) is 24.0 Å². The Morgan fingerprint density at radius 1 is 1.21 bits per heavy atom. The van der Waals surface area contributed by atoms with Crippen LogP contribution in [0.2, 0.25) is 5.15 Å². The lowest BCUT2D eigenvalue weighted by Gasteiger charge is -2.07. The summed E-state index contributed by atoms with van der Waals surface area (Å²) in [5.41, 5.74) is 7.89. The summed E-state index contributed by atoms with van der Waals surface area (Å²) in [6.45, 7) is 1.15. The number of fused-ring (bicyclic) bond motifs is 1. The van der Waals surface area contributed by atoms with Crippen LogP contribution in [0, 0.1) is 0 Å². The van der Waals surface area contributed by atoms with Gasteiger partial charge in [-0.1, -0.05) is 29.8 Å². The molecular weight excluding hydrogens is 328 g/mol. The summed E-state index contributed by atoms with van der Waals surface area (Å²) in [7, 11) is 0. The number of nitrogens with two attached hydrogens (primary N) is 1. The second kappa shape index (κ2) is 7.33. The van der Waals surface area contributed by atoms with Gasteiger partial charge in [0, 0.05) is 19.3 Å². The lowest BCUT2D eigenvalue weighted by atomic mass is 10.2. The molecule has 124 valence electrons. The number of ether oxygens (including phenoxy) is 1. The molecular formula is C17H17ClN4O2. The Kier molecular flexibility index (Phi) is 4.98. The largest absolute Gasteiger partial charge is 0.484 e. The minimum atomic E-state index is -0.495.